The molecule has 0 rings (SSSR count). The number of ketones is 1. The lowest BCUT2D eigenvalue weighted by Gasteiger charge is -2.28. The Morgan fingerprint density at radius 1 is 1.33 bits per heavy atom. The lowest BCUT2D eigenvalue weighted by Crippen LogP contribution is -2.69. The van der Waals surface area contributed by atoms with Crippen LogP contribution in [0.15, 0.2) is 0 Å². The molecule has 3 atom stereocenters. The van der Waals surface area contributed by atoms with Crippen LogP contribution in [0.25, 0.3) is 0 Å². The van der Waals surface area contributed by atoms with Crippen LogP contribution in [0.3, 0.4) is 0 Å². The molecule has 11 heteroatoms. The van der Waals surface area contributed by atoms with Crippen LogP contribution in [-0.2, 0) is 18.7 Å². The largest absolute Gasteiger partial charge is 0.790 e. The van der Waals surface area contributed by atoms with Gasteiger partial charge in [-0.2, -0.15) is 0 Å². The van der Waals surface area contributed by atoms with E-state index in [0.29, 0.717) is 0 Å². The normalized spacial score (nSPS) is 16.9. The predicted molar refractivity (Wildman–Crippen MR) is 46.9 cm³/mol. The number of hydrogen-bond acceptors (Lipinski definition) is 9. The molecular weight excluding hydrogens is 273 g/mol. The number of phosphoric ester groups is 1. The van der Waals surface area contributed by atoms with Crippen LogP contribution >= 0.6 is 7.82 Å². The minimum atomic E-state index is -5.36. The molecule has 0 aromatic carbocycles. The molecule has 106 valence electrons. The van der Waals surface area contributed by atoms with Crippen molar-refractivity contribution in [2.24, 2.45) is 0 Å². The highest BCUT2D eigenvalue weighted by molar-refractivity contribution is 7.43. The van der Waals surface area contributed by atoms with E-state index in [2.05, 4.69) is 10.3 Å². The third-order valence-corrected chi connectivity index (χ3v) is 2.36. The summed E-state index contributed by atoms with van der Waals surface area (Å²) in [5.41, 5.74) is 3.08. The Morgan fingerprint density at radius 3 is 2.22 bits per heavy atom. The fraction of sp³-hybridized carbons (Fsp3) is 0.714. The van der Waals surface area contributed by atoms with E-state index in [9.17, 15) is 39.3 Å². The van der Waals surface area contributed by atoms with E-state index >= 15 is 0 Å². The number of quaternary nitrogens is 1. The summed E-state index contributed by atoms with van der Waals surface area (Å²) in [5, 5.41) is 28.7. The van der Waals surface area contributed by atoms with E-state index in [1.165, 1.54) is 0 Å². The first-order valence-corrected chi connectivity index (χ1v) is 6.10. The van der Waals surface area contributed by atoms with Crippen LogP contribution in [0.1, 0.15) is 6.42 Å². The molecule has 0 amide bonds. The van der Waals surface area contributed by atoms with Crippen molar-refractivity contribution in [2.75, 3.05) is 6.61 Å². The number of aliphatic hydroxyl groups is 2. The molecule has 0 fully saturated rings. The SMILES string of the molecule is [NH3+]C(CC(O)C(O)C(=O)COP(=O)([O-])[O-])C(=O)[O-]. The molecule has 0 aliphatic heterocycles. The minimum absolute atomic E-state index is 0.582. The quantitative estimate of drug-likeness (QED) is 0.363. The van der Waals surface area contributed by atoms with Gasteiger partial charge in [-0.3, -0.25) is 4.79 Å². The number of carboxylic acid groups (broad SMARTS) is 1. The number of rotatable bonds is 8. The van der Waals surface area contributed by atoms with Gasteiger partial charge in [0.2, 0.25) is 0 Å². The summed E-state index contributed by atoms with van der Waals surface area (Å²) in [7, 11) is -5.36. The molecule has 5 N–H and O–H groups in total. The fourth-order valence-electron chi connectivity index (χ4n) is 0.959. The second-order valence-corrected chi connectivity index (χ2v) is 4.60. The van der Waals surface area contributed by atoms with E-state index in [4.69, 9.17) is 0 Å². The zero-order valence-corrected chi connectivity index (χ0v) is 9.95. The Hall–Kier alpha value is -0.870. The molecule has 0 spiro atoms. The van der Waals surface area contributed by atoms with Crippen molar-refractivity contribution in [1.82, 2.24) is 0 Å². The van der Waals surface area contributed by atoms with Crippen molar-refractivity contribution >= 4 is 19.6 Å². The lowest BCUT2D eigenvalue weighted by molar-refractivity contribution is -0.441. The van der Waals surface area contributed by atoms with Crippen molar-refractivity contribution in [3.8, 4) is 0 Å². The number of phosphoric acid groups is 1. The van der Waals surface area contributed by atoms with Crippen molar-refractivity contribution in [2.45, 2.75) is 24.7 Å². The Balaban J connectivity index is 4.28. The Morgan fingerprint density at radius 2 is 1.83 bits per heavy atom. The standard InChI is InChI=1S/C7H14NO9P/c8-3(7(12)13)1-4(9)6(11)5(10)2-17-18(14,15)16/h3-4,6,9,11H,1-2,8H2,(H,12,13)(H2,14,15,16)/p-2. The van der Waals surface area contributed by atoms with Gasteiger partial charge in [0.1, 0.15) is 18.8 Å². The third kappa shape index (κ3) is 6.77. The third-order valence-electron chi connectivity index (χ3n) is 1.92. The molecule has 0 aromatic heterocycles. The van der Waals surface area contributed by atoms with Crippen LogP contribution in [-0.4, -0.2) is 46.8 Å². The molecule has 0 aliphatic carbocycles. The maximum absolute atomic E-state index is 11.1. The molecule has 3 unspecified atom stereocenters. The second-order valence-electron chi connectivity index (χ2n) is 3.45. The number of hydrogen-bond donors (Lipinski definition) is 3. The average molecular weight is 285 g/mol. The maximum Gasteiger partial charge on any atom is 0.189 e. The summed E-state index contributed by atoms with van der Waals surface area (Å²) in [5.74, 6) is -2.87. The number of aliphatic carboxylic acids is 1. The van der Waals surface area contributed by atoms with E-state index in [1.54, 1.807) is 0 Å². The zero-order chi connectivity index (χ0) is 14.5. The number of carbonyl (C=O) groups excluding carboxylic acids is 2. The summed E-state index contributed by atoms with van der Waals surface area (Å²) in [4.78, 5) is 41.5. The van der Waals surface area contributed by atoms with Crippen molar-refractivity contribution in [3.63, 3.8) is 0 Å². The predicted octanol–water partition coefficient (Wildman–Crippen LogP) is -6.13. The molecule has 0 saturated carbocycles. The van der Waals surface area contributed by atoms with E-state index in [-0.39, 0.29) is 0 Å². The first-order valence-electron chi connectivity index (χ1n) is 4.64. The number of carboxylic acids is 1. The smallest absolute Gasteiger partial charge is 0.189 e. The summed E-state index contributed by atoms with van der Waals surface area (Å²) >= 11 is 0. The molecule has 0 aromatic rings. The van der Waals surface area contributed by atoms with Gasteiger partial charge in [-0.25, -0.2) is 0 Å². The highest BCUT2D eigenvalue weighted by Gasteiger charge is 2.27. The molecule has 0 bridgehead atoms. The summed E-state index contributed by atoms with van der Waals surface area (Å²) in [6, 6.07) is -1.37. The van der Waals surface area contributed by atoms with Crippen LogP contribution in [0.2, 0.25) is 0 Å². The van der Waals surface area contributed by atoms with Crippen LogP contribution in [0, 0.1) is 0 Å². The number of carbonyl (C=O) groups is 2. The van der Waals surface area contributed by atoms with Gasteiger partial charge >= 0.3 is 0 Å². The first kappa shape index (κ1) is 17.1. The molecule has 10 nitrogen and oxygen atoms in total. The van der Waals surface area contributed by atoms with Crippen LogP contribution < -0.4 is 20.6 Å². The minimum Gasteiger partial charge on any atom is -0.790 e. The molecule has 0 aliphatic rings. The van der Waals surface area contributed by atoms with Gasteiger partial charge in [-0.15, -0.1) is 0 Å². The van der Waals surface area contributed by atoms with E-state index < -0.39 is 50.9 Å². The first-order chi connectivity index (χ1) is 8.04. The Labute approximate surface area is 101 Å². The highest BCUT2D eigenvalue weighted by Crippen LogP contribution is 2.24. The van der Waals surface area contributed by atoms with E-state index in [0.717, 1.165) is 0 Å². The summed E-state index contributed by atoms with van der Waals surface area (Å²) < 4.78 is 13.6. The lowest BCUT2D eigenvalue weighted by atomic mass is 10.0. The zero-order valence-electron chi connectivity index (χ0n) is 9.05. The molecule has 18 heavy (non-hydrogen) atoms. The van der Waals surface area contributed by atoms with Crippen molar-refractivity contribution in [1.29, 1.82) is 0 Å². The monoisotopic (exact) mass is 285 g/mol. The van der Waals surface area contributed by atoms with Gasteiger partial charge in [0.25, 0.3) is 0 Å². The van der Waals surface area contributed by atoms with Crippen molar-refractivity contribution < 1.29 is 49.5 Å². The van der Waals surface area contributed by atoms with Gasteiger partial charge in [-0.1, -0.05) is 0 Å². The summed E-state index contributed by atoms with van der Waals surface area (Å²) in [6.07, 6.45) is -4.46. The maximum atomic E-state index is 11.1. The van der Waals surface area contributed by atoms with Crippen LogP contribution in [0.4, 0.5) is 0 Å². The van der Waals surface area contributed by atoms with E-state index in [1.807, 2.05) is 0 Å². The Bertz CT molecular complexity index is 353. The highest BCUT2D eigenvalue weighted by atomic mass is 31.2. The topological polar surface area (TPSA) is 198 Å². The van der Waals surface area contributed by atoms with Gasteiger partial charge in [0.05, 0.1) is 19.9 Å². The van der Waals surface area contributed by atoms with Gasteiger partial charge in [0.15, 0.2) is 5.78 Å². The number of Topliss-reactive ketones (excluding diaryl/α,β-unsaturated/α-hetero) is 1. The Kier molecular flexibility index (Phi) is 6.57. The second kappa shape index (κ2) is 6.90. The molecule has 0 radical (unpaired) electrons. The van der Waals surface area contributed by atoms with Crippen LogP contribution in [0.5, 0.6) is 0 Å². The molecular formula is C7H12NO9P-2. The van der Waals surface area contributed by atoms with Crippen molar-refractivity contribution in [3.05, 3.63) is 0 Å². The summed E-state index contributed by atoms with van der Waals surface area (Å²) in [6.45, 7) is -1.24. The molecule has 0 heterocycles. The fourth-order valence-corrected chi connectivity index (χ4v) is 1.24. The number of aliphatic hydroxyl groups excluding tert-OH is 2. The average Bonchev–Trinajstić information content (AvgIpc) is 2.23. The molecule has 0 saturated heterocycles. The van der Waals surface area contributed by atoms with Gasteiger partial charge in [0, 0.05) is 6.42 Å². The van der Waals surface area contributed by atoms with Gasteiger partial charge in [-0.05, 0) is 0 Å². The van der Waals surface area contributed by atoms with Gasteiger partial charge < -0.3 is 44.7 Å².